The van der Waals surface area contributed by atoms with Crippen LogP contribution in [0.25, 0.3) is 0 Å². The van der Waals surface area contributed by atoms with Gasteiger partial charge in [0, 0.05) is 6.61 Å². The molecule has 0 saturated heterocycles. The van der Waals surface area contributed by atoms with Crippen LogP contribution in [-0.4, -0.2) is 26.1 Å². The van der Waals surface area contributed by atoms with Crippen molar-refractivity contribution in [3.8, 4) is 5.75 Å². The van der Waals surface area contributed by atoms with Crippen LogP contribution < -0.4 is 4.74 Å². The lowest BCUT2D eigenvalue weighted by atomic mass is 9.93. The van der Waals surface area contributed by atoms with Crippen molar-refractivity contribution in [3.63, 3.8) is 0 Å². The molecule has 3 heteroatoms. The van der Waals surface area contributed by atoms with Gasteiger partial charge in [-0.15, -0.1) is 6.58 Å². The van der Waals surface area contributed by atoms with Gasteiger partial charge in [0.25, 0.3) is 0 Å². The molecule has 0 aliphatic heterocycles. The first-order chi connectivity index (χ1) is 10.7. The summed E-state index contributed by atoms with van der Waals surface area (Å²) in [7, 11) is 0. The highest BCUT2D eigenvalue weighted by atomic mass is 16.5. The van der Waals surface area contributed by atoms with Crippen LogP contribution in [0.15, 0.2) is 24.8 Å². The van der Waals surface area contributed by atoms with Crippen LogP contribution in [-0.2, 0) is 11.2 Å². The quantitative estimate of drug-likeness (QED) is 0.342. The van der Waals surface area contributed by atoms with E-state index in [1.165, 1.54) is 5.56 Å². The Kier molecular flexibility index (Phi) is 8.53. The van der Waals surface area contributed by atoms with E-state index in [0.29, 0.717) is 36.9 Å². The van der Waals surface area contributed by atoms with Crippen molar-refractivity contribution in [3.05, 3.63) is 41.5 Å². The topological polar surface area (TPSA) is 35.5 Å². The third kappa shape index (κ3) is 5.30. The molecule has 0 N–H and O–H groups in total. The van der Waals surface area contributed by atoms with Crippen molar-refractivity contribution in [2.24, 2.45) is 0 Å². The van der Waals surface area contributed by atoms with Crippen molar-refractivity contribution in [1.82, 2.24) is 0 Å². The van der Waals surface area contributed by atoms with Crippen LogP contribution >= 0.6 is 0 Å². The Balaban J connectivity index is 2.96. The van der Waals surface area contributed by atoms with Gasteiger partial charge >= 0.3 is 0 Å². The van der Waals surface area contributed by atoms with Crippen LogP contribution in [0.3, 0.4) is 0 Å². The summed E-state index contributed by atoms with van der Waals surface area (Å²) in [4.78, 5) is 11.4. The number of rotatable bonds is 11. The van der Waals surface area contributed by atoms with E-state index in [1.54, 1.807) is 0 Å². The van der Waals surface area contributed by atoms with E-state index in [-0.39, 0.29) is 0 Å². The summed E-state index contributed by atoms with van der Waals surface area (Å²) in [5, 5.41) is 0. The summed E-state index contributed by atoms with van der Waals surface area (Å²) >= 11 is 0. The fraction of sp³-hybridized carbons (Fsp3) is 0.526. The summed E-state index contributed by atoms with van der Waals surface area (Å²) in [6, 6.07) is 4.07. The molecule has 1 atom stereocenters. The van der Waals surface area contributed by atoms with Gasteiger partial charge in [-0.05, 0) is 42.4 Å². The second kappa shape index (κ2) is 10.2. The molecule has 0 fully saturated rings. The molecule has 1 aromatic carbocycles. The summed E-state index contributed by atoms with van der Waals surface area (Å²) in [6.07, 6.45) is 5.43. The molecule has 0 aliphatic rings. The van der Waals surface area contributed by atoms with Gasteiger partial charge in [-0.25, -0.2) is 0 Å². The maximum Gasteiger partial charge on any atom is 0.153 e. The lowest BCUT2D eigenvalue weighted by Gasteiger charge is -2.17. The first kappa shape index (κ1) is 18.4. The lowest BCUT2D eigenvalue weighted by Crippen LogP contribution is -2.10. The fourth-order valence-electron chi connectivity index (χ4n) is 2.28. The average Bonchev–Trinajstić information content (AvgIpc) is 2.54. The second-order valence-electron chi connectivity index (χ2n) is 5.48. The molecule has 1 unspecified atom stereocenters. The third-order valence-corrected chi connectivity index (χ3v) is 3.71. The molecule has 0 aliphatic carbocycles. The van der Waals surface area contributed by atoms with Crippen LogP contribution in [0.2, 0.25) is 0 Å². The van der Waals surface area contributed by atoms with E-state index in [4.69, 9.17) is 9.47 Å². The van der Waals surface area contributed by atoms with Gasteiger partial charge in [-0.1, -0.05) is 32.9 Å². The van der Waals surface area contributed by atoms with Gasteiger partial charge < -0.3 is 9.47 Å². The molecule has 0 amide bonds. The zero-order valence-electron chi connectivity index (χ0n) is 14.1. The molecular weight excluding hydrogens is 276 g/mol. The van der Waals surface area contributed by atoms with Crippen LogP contribution in [0.5, 0.6) is 5.75 Å². The number of hydrogen-bond acceptors (Lipinski definition) is 3. The largest absolute Gasteiger partial charge is 0.490 e. The predicted molar refractivity (Wildman–Crippen MR) is 91.0 cm³/mol. The number of carbonyl (C=O) groups excluding carboxylic acids is 1. The first-order valence-electron chi connectivity index (χ1n) is 8.11. The van der Waals surface area contributed by atoms with Gasteiger partial charge in [-0.3, -0.25) is 4.79 Å². The minimum Gasteiger partial charge on any atom is -0.490 e. The van der Waals surface area contributed by atoms with E-state index in [2.05, 4.69) is 33.4 Å². The number of carbonyl (C=O) groups is 1. The normalized spacial score (nSPS) is 12.0. The predicted octanol–water partition coefficient (Wildman–Crippen LogP) is 4.55. The smallest absolute Gasteiger partial charge is 0.153 e. The van der Waals surface area contributed by atoms with Crippen LogP contribution in [0.1, 0.15) is 61.0 Å². The van der Waals surface area contributed by atoms with Crippen LogP contribution in [0.4, 0.5) is 0 Å². The lowest BCUT2D eigenvalue weighted by molar-refractivity contribution is 0.0989. The minimum absolute atomic E-state index is 0.421. The Morgan fingerprint density at radius 2 is 2.00 bits per heavy atom. The van der Waals surface area contributed by atoms with E-state index in [1.807, 2.05) is 12.1 Å². The zero-order chi connectivity index (χ0) is 16.4. The summed E-state index contributed by atoms with van der Waals surface area (Å²) < 4.78 is 11.2. The zero-order valence-corrected chi connectivity index (χ0v) is 14.1. The Labute approximate surface area is 134 Å². The summed E-state index contributed by atoms with van der Waals surface area (Å²) in [5.74, 6) is 1.09. The molecule has 22 heavy (non-hydrogen) atoms. The van der Waals surface area contributed by atoms with Crippen LogP contribution in [0, 0.1) is 0 Å². The maximum absolute atomic E-state index is 11.4. The third-order valence-electron chi connectivity index (χ3n) is 3.71. The SMILES string of the molecule is C=CCc1cc(C(C)CC)cc(C=O)c1OCCOCCC. The van der Waals surface area contributed by atoms with Crippen molar-refractivity contribution < 1.29 is 14.3 Å². The number of aldehydes is 1. The molecule has 3 nitrogen and oxygen atoms in total. The van der Waals surface area contributed by atoms with Gasteiger partial charge in [0.1, 0.15) is 12.4 Å². The van der Waals surface area contributed by atoms with Gasteiger partial charge in [0.15, 0.2) is 6.29 Å². The summed E-state index contributed by atoms with van der Waals surface area (Å²) in [5.41, 5.74) is 2.81. The highest BCUT2D eigenvalue weighted by molar-refractivity contribution is 5.81. The molecule has 122 valence electrons. The number of hydrogen-bond donors (Lipinski definition) is 0. The van der Waals surface area contributed by atoms with Gasteiger partial charge in [0.2, 0.25) is 0 Å². The second-order valence-corrected chi connectivity index (χ2v) is 5.48. The monoisotopic (exact) mass is 304 g/mol. The molecule has 0 aromatic heterocycles. The van der Waals surface area contributed by atoms with Crippen molar-refractivity contribution in [1.29, 1.82) is 0 Å². The number of benzene rings is 1. The maximum atomic E-state index is 11.4. The van der Waals surface area contributed by atoms with Crippen molar-refractivity contribution in [2.45, 2.75) is 46.0 Å². The highest BCUT2D eigenvalue weighted by Crippen LogP contribution is 2.30. The fourth-order valence-corrected chi connectivity index (χ4v) is 2.28. The molecule has 0 heterocycles. The molecule has 0 spiro atoms. The highest BCUT2D eigenvalue weighted by Gasteiger charge is 2.14. The average molecular weight is 304 g/mol. The first-order valence-corrected chi connectivity index (χ1v) is 8.11. The molecule has 0 bridgehead atoms. The van der Waals surface area contributed by atoms with Crippen molar-refractivity contribution in [2.75, 3.05) is 19.8 Å². The standard InChI is InChI=1S/C19H28O3/c1-5-8-16-12-17(15(4)7-3)13-18(14-20)19(16)22-11-10-21-9-6-2/h5,12-15H,1,6-11H2,2-4H3. The van der Waals surface area contributed by atoms with Gasteiger partial charge in [0.05, 0.1) is 12.2 Å². The Hall–Kier alpha value is -1.61. The number of allylic oxidation sites excluding steroid dienone is 1. The summed E-state index contributed by atoms with van der Waals surface area (Å²) in [6.45, 7) is 11.9. The van der Waals surface area contributed by atoms with E-state index in [0.717, 1.165) is 31.3 Å². The van der Waals surface area contributed by atoms with E-state index in [9.17, 15) is 4.79 Å². The Bertz CT molecular complexity index is 480. The van der Waals surface area contributed by atoms with E-state index < -0.39 is 0 Å². The Morgan fingerprint density at radius 1 is 1.23 bits per heavy atom. The molecular formula is C19H28O3. The van der Waals surface area contributed by atoms with E-state index >= 15 is 0 Å². The number of ether oxygens (including phenoxy) is 2. The molecule has 0 saturated carbocycles. The molecule has 1 rings (SSSR count). The van der Waals surface area contributed by atoms with Crippen molar-refractivity contribution >= 4 is 6.29 Å². The van der Waals surface area contributed by atoms with Gasteiger partial charge in [-0.2, -0.15) is 0 Å². The minimum atomic E-state index is 0.421. The Morgan fingerprint density at radius 3 is 2.59 bits per heavy atom. The molecule has 1 aromatic rings. The molecule has 0 radical (unpaired) electrons.